The van der Waals surface area contributed by atoms with E-state index in [4.69, 9.17) is 28.5 Å². The molecule has 0 aliphatic carbocycles. The molecular formula is C13H12ClFN2O3. The standard InChI is InChI=1S/C13H12ClFN2O3/c1-3-4-20-11-5-8(10(15)6-9(11)14)7-17-12(16)13(18)19-2/h1,5-6H,4,7H2,2H3,(H2,16,17). The highest BCUT2D eigenvalue weighted by molar-refractivity contribution is 6.34. The first-order valence-electron chi connectivity index (χ1n) is 5.42. The molecule has 0 saturated carbocycles. The van der Waals surface area contributed by atoms with Gasteiger partial charge in [-0.1, -0.05) is 17.5 Å². The Balaban J connectivity index is 2.95. The molecule has 0 aliphatic heterocycles. The number of benzene rings is 1. The van der Waals surface area contributed by atoms with E-state index in [9.17, 15) is 9.18 Å². The van der Waals surface area contributed by atoms with Gasteiger partial charge in [0.15, 0.2) is 0 Å². The van der Waals surface area contributed by atoms with Crippen molar-refractivity contribution in [3.63, 3.8) is 0 Å². The molecule has 0 radical (unpaired) electrons. The smallest absolute Gasteiger partial charge is 0.373 e. The SMILES string of the molecule is C#CCOc1cc(CN=C(N)C(=O)OC)c(F)cc1Cl. The maximum absolute atomic E-state index is 13.7. The third-order valence-electron chi connectivity index (χ3n) is 2.23. The zero-order chi connectivity index (χ0) is 15.1. The van der Waals surface area contributed by atoms with Crippen LogP contribution in [0.3, 0.4) is 0 Å². The predicted octanol–water partition coefficient (Wildman–Crippen LogP) is 1.52. The van der Waals surface area contributed by atoms with E-state index >= 15 is 0 Å². The van der Waals surface area contributed by atoms with Gasteiger partial charge in [-0.2, -0.15) is 0 Å². The molecule has 0 unspecified atom stereocenters. The molecule has 0 bridgehead atoms. The van der Waals surface area contributed by atoms with Gasteiger partial charge in [0.1, 0.15) is 18.2 Å². The summed E-state index contributed by atoms with van der Waals surface area (Å²) < 4.78 is 23.2. The van der Waals surface area contributed by atoms with Crippen molar-refractivity contribution in [1.29, 1.82) is 0 Å². The monoisotopic (exact) mass is 298 g/mol. The van der Waals surface area contributed by atoms with Crippen LogP contribution in [0, 0.1) is 18.2 Å². The summed E-state index contributed by atoms with van der Waals surface area (Å²) in [6.45, 7) is -0.158. The molecule has 0 aliphatic rings. The maximum atomic E-state index is 13.7. The molecule has 0 amide bonds. The average molecular weight is 299 g/mol. The van der Waals surface area contributed by atoms with Crippen LogP contribution in [0.25, 0.3) is 0 Å². The van der Waals surface area contributed by atoms with Crippen LogP contribution in [0.1, 0.15) is 5.56 Å². The lowest BCUT2D eigenvalue weighted by molar-refractivity contribution is -0.132. The molecule has 7 heteroatoms. The van der Waals surface area contributed by atoms with E-state index in [1.165, 1.54) is 13.2 Å². The molecule has 0 aromatic heterocycles. The Hall–Kier alpha value is -2.26. The predicted molar refractivity (Wildman–Crippen MR) is 73.1 cm³/mol. The van der Waals surface area contributed by atoms with Crippen LogP contribution in [0.4, 0.5) is 4.39 Å². The molecule has 0 fully saturated rings. The molecule has 0 saturated heterocycles. The first-order chi connectivity index (χ1) is 9.49. The van der Waals surface area contributed by atoms with Gasteiger partial charge in [-0.15, -0.1) is 6.42 Å². The number of methoxy groups -OCH3 is 1. The van der Waals surface area contributed by atoms with Crippen molar-refractivity contribution in [3.05, 3.63) is 28.5 Å². The summed E-state index contributed by atoms with van der Waals surface area (Å²) in [4.78, 5) is 14.8. The number of ether oxygens (including phenoxy) is 2. The second-order valence-corrected chi connectivity index (χ2v) is 3.97. The number of carbonyl (C=O) groups excluding carboxylic acids is 1. The molecule has 2 N–H and O–H groups in total. The average Bonchev–Trinajstić information content (AvgIpc) is 2.44. The minimum Gasteiger partial charge on any atom is -0.479 e. The lowest BCUT2D eigenvalue weighted by atomic mass is 10.2. The number of aliphatic imine (C=N–C) groups is 1. The number of terminal acetylenes is 1. The molecule has 1 aromatic carbocycles. The van der Waals surface area contributed by atoms with Gasteiger partial charge >= 0.3 is 5.97 Å². The van der Waals surface area contributed by atoms with Gasteiger partial charge in [0.2, 0.25) is 5.84 Å². The van der Waals surface area contributed by atoms with Crippen LogP contribution < -0.4 is 10.5 Å². The van der Waals surface area contributed by atoms with Crippen LogP contribution in [-0.4, -0.2) is 25.5 Å². The minimum absolute atomic E-state index is 0.00163. The Morgan fingerprint density at radius 2 is 2.30 bits per heavy atom. The number of hydrogen-bond donors (Lipinski definition) is 1. The van der Waals surface area contributed by atoms with Crippen molar-refractivity contribution in [1.82, 2.24) is 0 Å². The van der Waals surface area contributed by atoms with Crippen LogP contribution in [-0.2, 0) is 16.1 Å². The van der Waals surface area contributed by atoms with E-state index in [2.05, 4.69) is 15.6 Å². The van der Waals surface area contributed by atoms with Crippen LogP contribution in [0.5, 0.6) is 5.75 Å². The maximum Gasteiger partial charge on any atom is 0.373 e. The largest absolute Gasteiger partial charge is 0.479 e. The Kier molecular flexibility index (Phi) is 5.81. The summed E-state index contributed by atoms with van der Waals surface area (Å²) in [5, 5.41) is 0.0893. The van der Waals surface area contributed by atoms with Gasteiger partial charge < -0.3 is 15.2 Å². The topological polar surface area (TPSA) is 73.9 Å². The lowest BCUT2D eigenvalue weighted by Crippen LogP contribution is -2.25. The number of hydrogen-bond acceptors (Lipinski definition) is 4. The zero-order valence-electron chi connectivity index (χ0n) is 10.7. The molecule has 0 spiro atoms. The van der Waals surface area contributed by atoms with E-state index in [1.54, 1.807) is 0 Å². The van der Waals surface area contributed by atoms with Crippen molar-refractivity contribution < 1.29 is 18.7 Å². The zero-order valence-corrected chi connectivity index (χ0v) is 11.4. The van der Waals surface area contributed by atoms with Crippen molar-refractivity contribution in [2.24, 2.45) is 10.7 Å². The summed E-state index contributed by atoms with van der Waals surface area (Å²) in [6.07, 6.45) is 5.06. The summed E-state index contributed by atoms with van der Waals surface area (Å²) in [7, 11) is 1.17. The highest BCUT2D eigenvalue weighted by Gasteiger charge is 2.11. The minimum atomic E-state index is -0.789. The Bertz CT molecular complexity index is 582. The van der Waals surface area contributed by atoms with Crippen molar-refractivity contribution in [2.45, 2.75) is 6.54 Å². The third-order valence-corrected chi connectivity index (χ3v) is 2.52. The fourth-order valence-corrected chi connectivity index (χ4v) is 1.47. The van der Waals surface area contributed by atoms with E-state index in [-0.39, 0.29) is 35.3 Å². The van der Waals surface area contributed by atoms with Gasteiger partial charge in [0, 0.05) is 5.56 Å². The molecular weight excluding hydrogens is 287 g/mol. The number of amidine groups is 1. The van der Waals surface area contributed by atoms with Crippen LogP contribution >= 0.6 is 11.6 Å². The first kappa shape index (κ1) is 15.8. The summed E-state index contributed by atoms with van der Waals surface area (Å²) in [5.41, 5.74) is 5.50. The Morgan fingerprint density at radius 1 is 1.60 bits per heavy atom. The molecule has 0 atom stereocenters. The molecule has 20 heavy (non-hydrogen) atoms. The highest BCUT2D eigenvalue weighted by atomic mass is 35.5. The fourth-order valence-electron chi connectivity index (χ4n) is 1.26. The van der Waals surface area contributed by atoms with Gasteiger partial charge in [-0.25, -0.2) is 9.18 Å². The van der Waals surface area contributed by atoms with Gasteiger partial charge in [-0.3, -0.25) is 4.99 Å². The number of rotatable bonds is 4. The summed E-state index contributed by atoms with van der Waals surface area (Å²) in [6, 6.07) is 2.43. The molecule has 5 nitrogen and oxygen atoms in total. The first-order valence-corrected chi connectivity index (χ1v) is 5.79. The second kappa shape index (κ2) is 7.36. The quantitative estimate of drug-likeness (QED) is 0.396. The van der Waals surface area contributed by atoms with E-state index in [0.29, 0.717) is 0 Å². The summed E-state index contributed by atoms with van der Waals surface area (Å²) in [5.74, 6) is 0.761. The Labute approximate surface area is 120 Å². The number of carbonyl (C=O) groups is 1. The normalized spacial score (nSPS) is 10.8. The van der Waals surface area contributed by atoms with Crippen LogP contribution in [0.2, 0.25) is 5.02 Å². The number of nitrogens with zero attached hydrogens (tertiary/aromatic N) is 1. The van der Waals surface area contributed by atoms with Gasteiger partial charge in [0.25, 0.3) is 0 Å². The van der Waals surface area contributed by atoms with E-state index in [1.807, 2.05) is 0 Å². The molecule has 0 heterocycles. The third kappa shape index (κ3) is 4.14. The van der Waals surface area contributed by atoms with Crippen molar-refractivity contribution in [2.75, 3.05) is 13.7 Å². The van der Waals surface area contributed by atoms with E-state index < -0.39 is 11.8 Å². The van der Waals surface area contributed by atoms with Gasteiger partial charge in [-0.05, 0) is 12.1 Å². The van der Waals surface area contributed by atoms with Crippen molar-refractivity contribution >= 4 is 23.4 Å². The highest BCUT2D eigenvalue weighted by Crippen LogP contribution is 2.28. The molecule has 1 aromatic rings. The molecule has 106 valence electrons. The van der Waals surface area contributed by atoms with Crippen molar-refractivity contribution in [3.8, 4) is 18.1 Å². The fraction of sp³-hybridized carbons (Fsp3) is 0.231. The summed E-state index contributed by atoms with van der Waals surface area (Å²) >= 11 is 5.80. The number of esters is 1. The Morgan fingerprint density at radius 3 is 2.90 bits per heavy atom. The lowest BCUT2D eigenvalue weighted by Gasteiger charge is -2.08. The molecule has 1 rings (SSSR count). The second-order valence-electron chi connectivity index (χ2n) is 3.56. The van der Waals surface area contributed by atoms with E-state index in [0.717, 1.165) is 6.07 Å². The van der Waals surface area contributed by atoms with Crippen LogP contribution in [0.15, 0.2) is 17.1 Å². The number of halogens is 2. The van der Waals surface area contributed by atoms with Gasteiger partial charge in [0.05, 0.1) is 18.7 Å². The number of nitrogens with two attached hydrogens (primary N) is 1.